The Kier molecular flexibility index (Phi) is 4.29. The second-order valence-corrected chi connectivity index (χ2v) is 4.12. The third-order valence-corrected chi connectivity index (χ3v) is 2.39. The van der Waals surface area contributed by atoms with Gasteiger partial charge >= 0.3 is 12.0 Å². The summed E-state index contributed by atoms with van der Waals surface area (Å²) < 4.78 is 23.9. The summed E-state index contributed by atoms with van der Waals surface area (Å²) in [5.41, 5.74) is 6.02. The maximum Gasteiger partial charge on any atom is 0.330 e. The number of hydrogen-bond acceptors (Lipinski definition) is 6. The molecule has 7 heteroatoms. The van der Waals surface area contributed by atoms with E-state index in [1.165, 1.54) is 12.1 Å². The standard InChI is InChI=1S/C13H15FN4O2/c1-3-6-19-12-16-11(15)17-13(18-12)20-9-4-5-10(14)8(2)7-9/h4-5,7H,3,6H2,1-2H3,(H2,15,16,17,18). The molecule has 0 aliphatic carbocycles. The van der Waals surface area contributed by atoms with E-state index in [1.807, 2.05) is 6.92 Å². The minimum atomic E-state index is -0.306. The van der Waals surface area contributed by atoms with Crippen molar-refractivity contribution in [3.05, 3.63) is 29.6 Å². The zero-order valence-corrected chi connectivity index (χ0v) is 11.3. The fourth-order valence-electron chi connectivity index (χ4n) is 1.44. The second-order valence-electron chi connectivity index (χ2n) is 4.12. The van der Waals surface area contributed by atoms with Crippen LogP contribution in [0.3, 0.4) is 0 Å². The molecule has 0 radical (unpaired) electrons. The third-order valence-electron chi connectivity index (χ3n) is 2.39. The van der Waals surface area contributed by atoms with Crippen molar-refractivity contribution in [2.45, 2.75) is 20.3 Å². The number of benzene rings is 1. The quantitative estimate of drug-likeness (QED) is 0.904. The molecule has 1 aromatic carbocycles. The minimum absolute atomic E-state index is 0.0000586. The van der Waals surface area contributed by atoms with Crippen LogP contribution < -0.4 is 15.2 Å². The van der Waals surface area contributed by atoms with Crippen molar-refractivity contribution in [2.24, 2.45) is 0 Å². The highest BCUT2D eigenvalue weighted by Crippen LogP contribution is 2.22. The summed E-state index contributed by atoms with van der Waals surface area (Å²) in [4.78, 5) is 11.7. The van der Waals surface area contributed by atoms with Gasteiger partial charge in [-0.3, -0.25) is 0 Å². The first-order chi connectivity index (χ1) is 9.58. The van der Waals surface area contributed by atoms with Gasteiger partial charge in [0.15, 0.2) is 0 Å². The zero-order chi connectivity index (χ0) is 14.5. The third kappa shape index (κ3) is 3.53. The number of aryl methyl sites for hydroxylation is 1. The molecular formula is C13H15FN4O2. The Labute approximate surface area is 115 Å². The molecule has 6 nitrogen and oxygen atoms in total. The molecule has 0 spiro atoms. The van der Waals surface area contributed by atoms with Gasteiger partial charge in [0.2, 0.25) is 5.95 Å². The Morgan fingerprint density at radius 3 is 2.65 bits per heavy atom. The van der Waals surface area contributed by atoms with E-state index in [9.17, 15) is 4.39 Å². The molecular weight excluding hydrogens is 263 g/mol. The van der Waals surface area contributed by atoms with Gasteiger partial charge in [-0.05, 0) is 37.1 Å². The minimum Gasteiger partial charge on any atom is -0.463 e. The highest BCUT2D eigenvalue weighted by molar-refractivity contribution is 5.31. The predicted octanol–water partition coefficient (Wildman–Crippen LogP) is 2.48. The zero-order valence-electron chi connectivity index (χ0n) is 11.3. The van der Waals surface area contributed by atoms with Gasteiger partial charge in [0.05, 0.1) is 6.61 Å². The van der Waals surface area contributed by atoms with E-state index in [0.717, 1.165) is 6.42 Å². The molecule has 0 saturated carbocycles. The summed E-state index contributed by atoms with van der Waals surface area (Å²) in [5.74, 6) is 0.107. The van der Waals surface area contributed by atoms with E-state index in [0.29, 0.717) is 17.9 Å². The highest BCUT2D eigenvalue weighted by atomic mass is 19.1. The first kappa shape index (κ1) is 14.0. The SMILES string of the molecule is CCCOc1nc(N)nc(Oc2ccc(F)c(C)c2)n1. The second kappa shape index (κ2) is 6.14. The van der Waals surface area contributed by atoms with Crippen molar-refractivity contribution in [3.63, 3.8) is 0 Å². The normalized spacial score (nSPS) is 10.3. The molecule has 0 saturated heterocycles. The summed E-state index contributed by atoms with van der Waals surface area (Å²) in [6, 6.07) is 4.45. The van der Waals surface area contributed by atoms with Crippen LogP contribution in [0.5, 0.6) is 17.8 Å². The average molecular weight is 278 g/mol. The monoisotopic (exact) mass is 278 g/mol. The highest BCUT2D eigenvalue weighted by Gasteiger charge is 2.08. The largest absolute Gasteiger partial charge is 0.463 e. The molecule has 0 atom stereocenters. The lowest BCUT2D eigenvalue weighted by Crippen LogP contribution is -2.05. The molecule has 2 N–H and O–H groups in total. The Balaban J connectivity index is 2.19. The first-order valence-electron chi connectivity index (χ1n) is 6.17. The number of nitrogen functional groups attached to an aromatic ring is 1. The van der Waals surface area contributed by atoms with E-state index in [-0.39, 0.29) is 23.8 Å². The smallest absolute Gasteiger partial charge is 0.330 e. The number of ether oxygens (including phenoxy) is 2. The molecule has 0 aliphatic rings. The Hall–Kier alpha value is -2.44. The van der Waals surface area contributed by atoms with Crippen molar-refractivity contribution >= 4 is 5.95 Å². The van der Waals surface area contributed by atoms with Crippen LogP contribution in [0.4, 0.5) is 10.3 Å². The van der Waals surface area contributed by atoms with Gasteiger partial charge in [-0.25, -0.2) is 4.39 Å². The fourth-order valence-corrected chi connectivity index (χ4v) is 1.44. The molecule has 2 aromatic rings. The molecule has 0 amide bonds. The lowest BCUT2D eigenvalue weighted by molar-refractivity contribution is 0.285. The molecule has 20 heavy (non-hydrogen) atoms. The molecule has 0 aliphatic heterocycles. The summed E-state index contributed by atoms with van der Waals surface area (Å²) in [5, 5.41) is 0. The molecule has 0 bridgehead atoms. The van der Waals surface area contributed by atoms with Crippen molar-refractivity contribution in [3.8, 4) is 17.8 Å². The van der Waals surface area contributed by atoms with Crippen LogP contribution in [0, 0.1) is 12.7 Å². The number of anilines is 1. The number of nitrogens with zero attached hydrogens (tertiary/aromatic N) is 3. The van der Waals surface area contributed by atoms with Gasteiger partial charge in [-0.2, -0.15) is 9.97 Å². The van der Waals surface area contributed by atoms with Gasteiger partial charge in [0.1, 0.15) is 11.6 Å². The van der Waals surface area contributed by atoms with Crippen LogP contribution >= 0.6 is 0 Å². The van der Waals surface area contributed by atoms with Crippen molar-refractivity contribution in [1.82, 2.24) is 15.0 Å². The van der Waals surface area contributed by atoms with Crippen LogP contribution in [0.15, 0.2) is 18.2 Å². The Bertz CT molecular complexity index is 607. The maximum absolute atomic E-state index is 13.2. The van der Waals surface area contributed by atoms with Crippen LogP contribution in [0.25, 0.3) is 0 Å². The van der Waals surface area contributed by atoms with E-state index in [4.69, 9.17) is 15.2 Å². The number of rotatable bonds is 5. The van der Waals surface area contributed by atoms with Crippen molar-refractivity contribution in [1.29, 1.82) is 0 Å². The van der Waals surface area contributed by atoms with Crippen LogP contribution in [-0.2, 0) is 0 Å². The molecule has 0 fully saturated rings. The van der Waals surface area contributed by atoms with E-state index in [2.05, 4.69) is 15.0 Å². The predicted molar refractivity (Wildman–Crippen MR) is 71.2 cm³/mol. The average Bonchev–Trinajstić information content (AvgIpc) is 2.40. The van der Waals surface area contributed by atoms with Crippen LogP contribution in [-0.4, -0.2) is 21.6 Å². The number of aromatic nitrogens is 3. The van der Waals surface area contributed by atoms with Crippen molar-refractivity contribution in [2.75, 3.05) is 12.3 Å². The maximum atomic E-state index is 13.2. The van der Waals surface area contributed by atoms with Crippen LogP contribution in [0.1, 0.15) is 18.9 Å². The van der Waals surface area contributed by atoms with E-state index in [1.54, 1.807) is 13.0 Å². The van der Waals surface area contributed by atoms with Crippen molar-refractivity contribution < 1.29 is 13.9 Å². The molecule has 1 heterocycles. The number of hydrogen-bond donors (Lipinski definition) is 1. The molecule has 106 valence electrons. The van der Waals surface area contributed by atoms with E-state index < -0.39 is 0 Å². The molecule has 0 unspecified atom stereocenters. The summed E-state index contributed by atoms with van der Waals surface area (Å²) in [7, 11) is 0. The molecule has 1 aromatic heterocycles. The van der Waals surface area contributed by atoms with E-state index >= 15 is 0 Å². The van der Waals surface area contributed by atoms with Gasteiger partial charge < -0.3 is 15.2 Å². The summed E-state index contributed by atoms with van der Waals surface area (Å²) in [6.45, 7) is 4.07. The first-order valence-corrected chi connectivity index (χ1v) is 6.17. The number of halogens is 1. The summed E-state index contributed by atoms with van der Waals surface area (Å²) in [6.07, 6.45) is 0.818. The Morgan fingerprint density at radius 1 is 1.20 bits per heavy atom. The lowest BCUT2D eigenvalue weighted by atomic mass is 10.2. The summed E-state index contributed by atoms with van der Waals surface area (Å²) >= 11 is 0. The van der Waals surface area contributed by atoms with Gasteiger partial charge in [0.25, 0.3) is 0 Å². The fraction of sp³-hybridized carbons (Fsp3) is 0.308. The molecule has 2 rings (SSSR count). The van der Waals surface area contributed by atoms with Gasteiger partial charge in [-0.15, -0.1) is 4.98 Å². The van der Waals surface area contributed by atoms with Gasteiger partial charge in [-0.1, -0.05) is 6.92 Å². The lowest BCUT2D eigenvalue weighted by Gasteiger charge is -2.07. The van der Waals surface area contributed by atoms with Crippen LogP contribution in [0.2, 0.25) is 0 Å². The Morgan fingerprint density at radius 2 is 1.95 bits per heavy atom. The number of nitrogens with two attached hydrogens (primary N) is 1. The van der Waals surface area contributed by atoms with Gasteiger partial charge in [0, 0.05) is 0 Å². The topological polar surface area (TPSA) is 83.2 Å².